The van der Waals surface area contributed by atoms with E-state index in [-0.39, 0.29) is 0 Å². The maximum absolute atomic E-state index is 5.65. The number of thiazole rings is 1. The van der Waals surface area contributed by atoms with Crippen LogP contribution >= 0.6 is 11.3 Å². The van der Waals surface area contributed by atoms with Crippen LogP contribution in [-0.2, 0) is 6.54 Å². The first-order chi connectivity index (χ1) is 10.3. The zero-order valence-corrected chi connectivity index (χ0v) is 13.5. The van der Waals surface area contributed by atoms with E-state index in [0.29, 0.717) is 12.5 Å². The van der Waals surface area contributed by atoms with E-state index in [4.69, 9.17) is 10.7 Å². The van der Waals surface area contributed by atoms with Gasteiger partial charge in [0, 0.05) is 23.4 Å². The van der Waals surface area contributed by atoms with Gasteiger partial charge in [0.2, 0.25) is 0 Å². The van der Waals surface area contributed by atoms with Gasteiger partial charge in [-0.1, -0.05) is 37.6 Å². The summed E-state index contributed by atoms with van der Waals surface area (Å²) in [4.78, 5) is 4.90. The lowest BCUT2D eigenvalue weighted by atomic mass is 9.81. The Kier molecular flexibility index (Phi) is 4.71. The molecule has 2 aromatic rings. The molecule has 0 aliphatic heterocycles. The fourth-order valence-corrected chi connectivity index (χ4v) is 4.24. The van der Waals surface area contributed by atoms with Gasteiger partial charge in [-0.25, -0.2) is 4.98 Å². The fraction of sp³-hybridized carbons (Fsp3) is 0.500. The van der Waals surface area contributed by atoms with Crippen molar-refractivity contribution in [2.45, 2.75) is 51.5 Å². The van der Waals surface area contributed by atoms with E-state index in [1.807, 2.05) is 11.3 Å². The monoisotopic (exact) mass is 300 g/mol. The van der Waals surface area contributed by atoms with Crippen LogP contribution in [0.5, 0.6) is 0 Å². The summed E-state index contributed by atoms with van der Waals surface area (Å²) in [7, 11) is 0. The molecular weight excluding hydrogens is 276 g/mol. The average molecular weight is 300 g/mol. The minimum absolute atomic E-state index is 0.600. The molecule has 0 amide bonds. The lowest BCUT2D eigenvalue weighted by Crippen LogP contribution is -2.12. The van der Waals surface area contributed by atoms with Crippen LogP contribution in [-0.4, -0.2) is 4.98 Å². The van der Waals surface area contributed by atoms with Gasteiger partial charge in [-0.2, -0.15) is 0 Å². The predicted molar refractivity (Wildman–Crippen MR) is 90.4 cm³/mol. The molecule has 2 nitrogen and oxygen atoms in total. The molecule has 1 aliphatic rings. The number of hydrogen-bond donors (Lipinski definition) is 1. The van der Waals surface area contributed by atoms with E-state index in [9.17, 15) is 0 Å². The molecule has 3 rings (SSSR count). The minimum Gasteiger partial charge on any atom is -0.326 e. The van der Waals surface area contributed by atoms with Gasteiger partial charge >= 0.3 is 0 Å². The molecule has 0 bridgehead atoms. The van der Waals surface area contributed by atoms with Crippen molar-refractivity contribution in [1.82, 2.24) is 4.98 Å². The zero-order chi connectivity index (χ0) is 14.7. The SMILES string of the molecule is CCC1CCC(c2nc(-c3ccc(CN)cc3)cs2)CC1. The number of aromatic nitrogens is 1. The largest absolute Gasteiger partial charge is 0.326 e. The Labute approximate surface area is 131 Å². The van der Waals surface area contributed by atoms with Crippen molar-refractivity contribution < 1.29 is 0 Å². The van der Waals surface area contributed by atoms with Crippen molar-refractivity contribution in [3.05, 3.63) is 40.2 Å². The van der Waals surface area contributed by atoms with E-state index in [0.717, 1.165) is 11.6 Å². The third kappa shape index (κ3) is 3.35. The van der Waals surface area contributed by atoms with Gasteiger partial charge in [-0.3, -0.25) is 0 Å². The van der Waals surface area contributed by atoms with Crippen molar-refractivity contribution in [3.63, 3.8) is 0 Å². The summed E-state index contributed by atoms with van der Waals surface area (Å²) >= 11 is 1.83. The molecular formula is C18H24N2S. The smallest absolute Gasteiger partial charge is 0.0963 e. The third-order valence-electron chi connectivity index (χ3n) is 4.78. The lowest BCUT2D eigenvalue weighted by Gasteiger charge is -2.26. The van der Waals surface area contributed by atoms with Crippen LogP contribution in [0.25, 0.3) is 11.3 Å². The van der Waals surface area contributed by atoms with Crippen LogP contribution in [0, 0.1) is 5.92 Å². The van der Waals surface area contributed by atoms with Crippen LogP contribution < -0.4 is 5.73 Å². The molecule has 1 aromatic heterocycles. The number of nitrogens with two attached hydrogens (primary N) is 1. The number of rotatable bonds is 4. The van der Waals surface area contributed by atoms with E-state index in [2.05, 4.69) is 36.6 Å². The average Bonchev–Trinajstić information content (AvgIpc) is 3.05. The molecule has 1 fully saturated rings. The zero-order valence-electron chi connectivity index (χ0n) is 12.7. The van der Waals surface area contributed by atoms with Gasteiger partial charge in [0.05, 0.1) is 10.7 Å². The second kappa shape index (κ2) is 6.71. The van der Waals surface area contributed by atoms with Crippen molar-refractivity contribution in [1.29, 1.82) is 0 Å². The second-order valence-corrected chi connectivity index (χ2v) is 6.99. The van der Waals surface area contributed by atoms with Crippen LogP contribution in [0.1, 0.15) is 55.5 Å². The highest BCUT2D eigenvalue weighted by Gasteiger charge is 2.23. The molecule has 112 valence electrons. The van der Waals surface area contributed by atoms with Gasteiger partial charge < -0.3 is 5.73 Å². The Bertz CT molecular complexity index is 565. The van der Waals surface area contributed by atoms with Crippen molar-refractivity contribution in [2.24, 2.45) is 11.7 Å². The first-order valence-corrected chi connectivity index (χ1v) is 8.93. The summed E-state index contributed by atoms with van der Waals surface area (Å²) in [5.41, 5.74) is 9.15. The Hall–Kier alpha value is -1.19. The molecule has 1 saturated carbocycles. The topological polar surface area (TPSA) is 38.9 Å². The highest BCUT2D eigenvalue weighted by Crippen LogP contribution is 2.39. The maximum atomic E-state index is 5.65. The number of hydrogen-bond acceptors (Lipinski definition) is 3. The fourth-order valence-electron chi connectivity index (χ4n) is 3.24. The molecule has 2 N–H and O–H groups in total. The van der Waals surface area contributed by atoms with E-state index in [1.165, 1.54) is 48.2 Å². The van der Waals surface area contributed by atoms with Crippen LogP contribution in [0.3, 0.4) is 0 Å². The third-order valence-corrected chi connectivity index (χ3v) is 5.79. The number of nitrogens with zero attached hydrogens (tertiary/aromatic N) is 1. The summed E-state index contributed by atoms with van der Waals surface area (Å²) in [6.45, 7) is 2.92. The van der Waals surface area contributed by atoms with Gasteiger partial charge in [-0.05, 0) is 37.2 Å². The Balaban J connectivity index is 1.71. The van der Waals surface area contributed by atoms with Crippen LogP contribution in [0.4, 0.5) is 0 Å². The molecule has 1 aromatic carbocycles. The van der Waals surface area contributed by atoms with Crippen LogP contribution in [0.2, 0.25) is 0 Å². The van der Waals surface area contributed by atoms with Crippen LogP contribution in [0.15, 0.2) is 29.6 Å². The number of benzene rings is 1. The molecule has 0 radical (unpaired) electrons. The second-order valence-electron chi connectivity index (χ2n) is 6.10. The molecule has 0 unspecified atom stereocenters. The summed E-state index contributed by atoms with van der Waals surface area (Å²) in [6, 6.07) is 8.46. The molecule has 1 heterocycles. The highest BCUT2D eigenvalue weighted by atomic mass is 32.1. The summed E-state index contributed by atoms with van der Waals surface area (Å²) < 4.78 is 0. The highest BCUT2D eigenvalue weighted by molar-refractivity contribution is 7.10. The molecule has 3 heteroatoms. The van der Waals surface area contributed by atoms with Crippen molar-refractivity contribution in [3.8, 4) is 11.3 Å². The summed E-state index contributed by atoms with van der Waals surface area (Å²) in [5.74, 6) is 1.64. The van der Waals surface area contributed by atoms with Gasteiger partial charge in [0.25, 0.3) is 0 Å². The van der Waals surface area contributed by atoms with E-state index < -0.39 is 0 Å². The summed E-state index contributed by atoms with van der Waals surface area (Å²) in [5, 5.41) is 3.54. The Morgan fingerprint density at radius 1 is 1.14 bits per heavy atom. The Morgan fingerprint density at radius 2 is 1.86 bits per heavy atom. The Morgan fingerprint density at radius 3 is 2.48 bits per heavy atom. The molecule has 0 saturated heterocycles. The summed E-state index contributed by atoms with van der Waals surface area (Å²) in [6.07, 6.45) is 6.72. The molecule has 0 spiro atoms. The molecule has 0 atom stereocenters. The van der Waals surface area contributed by atoms with Gasteiger partial charge in [0.15, 0.2) is 0 Å². The quantitative estimate of drug-likeness (QED) is 0.867. The lowest BCUT2D eigenvalue weighted by molar-refractivity contribution is 0.318. The molecule has 1 aliphatic carbocycles. The maximum Gasteiger partial charge on any atom is 0.0963 e. The van der Waals surface area contributed by atoms with E-state index in [1.54, 1.807) is 0 Å². The standard InChI is InChI=1S/C18H24N2S/c1-2-13-3-9-16(10-4-13)18-20-17(12-21-18)15-7-5-14(11-19)6-8-15/h5-8,12-13,16H,2-4,9-11,19H2,1H3. The van der Waals surface area contributed by atoms with E-state index >= 15 is 0 Å². The predicted octanol–water partition coefficient (Wildman–Crippen LogP) is 4.95. The normalized spacial score (nSPS) is 22.4. The first-order valence-electron chi connectivity index (χ1n) is 8.05. The van der Waals surface area contributed by atoms with Gasteiger partial charge in [-0.15, -0.1) is 11.3 Å². The van der Waals surface area contributed by atoms with Crippen molar-refractivity contribution in [2.75, 3.05) is 0 Å². The first kappa shape index (κ1) is 14.7. The molecule has 21 heavy (non-hydrogen) atoms. The van der Waals surface area contributed by atoms with Crippen molar-refractivity contribution >= 4 is 11.3 Å². The van der Waals surface area contributed by atoms with Gasteiger partial charge in [0.1, 0.15) is 0 Å². The minimum atomic E-state index is 0.600.